The minimum atomic E-state index is -0.200. The van der Waals surface area contributed by atoms with Gasteiger partial charge in [0.1, 0.15) is 11.9 Å². The molecule has 0 bridgehead atoms. The molecule has 1 atom stereocenters. The number of benzene rings is 1. The van der Waals surface area contributed by atoms with E-state index in [1.807, 2.05) is 11.0 Å². The summed E-state index contributed by atoms with van der Waals surface area (Å²) < 4.78 is 18.6. The zero-order valence-electron chi connectivity index (χ0n) is 13.5. The van der Waals surface area contributed by atoms with E-state index in [0.717, 1.165) is 70.6 Å². The van der Waals surface area contributed by atoms with Crippen molar-refractivity contribution in [3.63, 3.8) is 0 Å². The third-order valence-corrected chi connectivity index (χ3v) is 4.72. The van der Waals surface area contributed by atoms with Crippen LogP contribution in [0, 0.1) is 5.82 Å². The van der Waals surface area contributed by atoms with E-state index in [2.05, 4.69) is 4.90 Å². The zero-order chi connectivity index (χ0) is 16.1. The lowest BCUT2D eigenvalue weighted by atomic mass is 10.1. The standard InChI is InChI=1S/C18H25FN2O2/c19-16-6-1-4-15(14-16)5-2-8-20-9-11-21(12-10-20)18(22)17-7-3-13-23-17/h1,4,6,14,17H,2-3,5,7-13H2. The van der Waals surface area contributed by atoms with Crippen LogP contribution in [0.3, 0.4) is 0 Å². The van der Waals surface area contributed by atoms with Gasteiger partial charge in [-0.1, -0.05) is 12.1 Å². The molecule has 2 saturated heterocycles. The minimum absolute atomic E-state index is 0.163. The predicted octanol–water partition coefficient (Wildman–Crippen LogP) is 2.08. The molecule has 1 aromatic rings. The van der Waals surface area contributed by atoms with Crippen molar-refractivity contribution in [2.75, 3.05) is 39.3 Å². The highest BCUT2D eigenvalue weighted by molar-refractivity contribution is 5.81. The summed E-state index contributed by atoms with van der Waals surface area (Å²) in [6.45, 7) is 5.13. The van der Waals surface area contributed by atoms with Crippen LogP contribution in [0.1, 0.15) is 24.8 Å². The number of ether oxygens (including phenoxy) is 1. The normalized spacial score (nSPS) is 22.5. The summed E-state index contributed by atoms with van der Waals surface area (Å²) >= 11 is 0. The average molecular weight is 320 g/mol. The van der Waals surface area contributed by atoms with Gasteiger partial charge < -0.3 is 9.64 Å². The van der Waals surface area contributed by atoms with Crippen LogP contribution in [0.15, 0.2) is 24.3 Å². The van der Waals surface area contributed by atoms with Crippen molar-refractivity contribution >= 4 is 5.91 Å². The van der Waals surface area contributed by atoms with Crippen LogP contribution in [-0.4, -0.2) is 61.1 Å². The fraction of sp³-hybridized carbons (Fsp3) is 0.611. The molecule has 2 heterocycles. The van der Waals surface area contributed by atoms with E-state index in [1.54, 1.807) is 12.1 Å². The summed E-state index contributed by atoms with van der Waals surface area (Å²) in [5, 5.41) is 0. The smallest absolute Gasteiger partial charge is 0.251 e. The Morgan fingerprint density at radius 2 is 2.09 bits per heavy atom. The van der Waals surface area contributed by atoms with Crippen LogP contribution >= 0.6 is 0 Å². The van der Waals surface area contributed by atoms with Gasteiger partial charge in [-0.3, -0.25) is 9.69 Å². The summed E-state index contributed by atoms with van der Waals surface area (Å²) in [4.78, 5) is 16.6. The number of piperazine rings is 1. The van der Waals surface area contributed by atoms with E-state index in [9.17, 15) is 9.18 Å². The number of hydrogen-bond acceptors (Lipinski definition) is 3. The summed E-state index contributed by atoms with van der Waals surface area (Å²) in [5.74, 6) is 0.00525. The molecule has 1 aromatic carbocycles. The molecule has 23 heavy (non-hydrogen) atoms. The van der Waals surface area contributed by atoms with E-state index in [-0.39, 0.29) is 17.8 Å². The number of rotatable bonds is 5. The summed E-state index contributed by atoms with van der Waals surface area (Å²) in [7, 11) is 0. The molecule has 0 spiro atoms. The van der Waals surface area contributed by atoms with E-state index in [0.29, 0.717) is 0 Å². The Kier molecular flexibility index (Phi) is 5.62. The first kappa shape index (κ1) is 16.4. The van der Waals surface area contributed by atoms with E-state index < -0.39 is 0 Å². The number of amides is 1. The maximum absolute atomic E-state index is 13.1. The third kappa shape index (κ3) is 4.52. The van der Waals surface area contributed by atoms with Crippen molar-refractivity contribution in [2.24, 2.45) is 0 Å². The molecule has 5 heteroatoms. The lowest BCUT2D eigenvalue weighted by molar-refractivity contribution is -0.142. The molecular formula is C18H25FN2O2. The van der Waals surface area contributed by atoms with Crippen LogP contribution in [0.25, 0.3) is 0 Å². The zero-order valence-corrected chi connectivity index (χ0v) is 13.5. The van der Waals surface area contributed by atoms with Crippen LogP contribution in [-0.2, 0) is 16.0 Å². The van der Waals surface area contributed by atoms with Crippen molar-refractivity contribution in [3.8, 4) is 0 Å². The second-order valence-electron chi connectivity index (χ2n) is 6.40. The molecule has 4 nitrogen and oxygen atoms in total. The van der Waals surface area contributed by atoms with E-state index in [4.69, 9.17) is 4.74 Å². The number of nitrogens with zero attached hydrogens (tertiary/aromatic N) is 2. The average Bonchev–Trinajstić information content (AvgIpc) is 3.09. The lowest BCUT2D eigenvalue weighted by Gasteiger charge is -2.35. The van der Waals surface area contributed by atoms with Crippen LogP contribution in [0.5, 0.6) is 0 Å². The number of halogens is 1. The first-order chi connectivity index (χ1) is 11.2. The molecule has 0 saturated carbocycles. The number of carbonyl (C=O) groups excluding carboxylic acids is 1. The molecule has 0 aliphatic carbocycles. The SMILES string of the molecule is O=C(C1CCCO1)N1CCN(CCCc2cccc(F)c2)CC1. The highest BCUT2D eigenvalue weighted by atomic mass is 19.1. The Bertz CT molecular complexity index is 524. The van der Waals surface area contributed by atoms with Crippen molar-refractivity contribution in [1.29, 1.82) is 0 Å². The topological polar surface area (TPSA) is 32.8 Å². The van der Waals surface area contributed by atoms with Gasteiger partial charge in [-0.05, 0) is 49.9 Å². The van der Waals surface area contributed by atoms with Crippen molar-refractivity contribution in [1.82, 2.24) is 9.80 Å². The molecule has 1 amide bonds. The molecule has 0 aromatic heterocycles. The van der Waals surface area contributed by atoms with Gasteiger partial charge in [0.05, 0.1) is 0 Å². The Hall–Kier alpha value is -1.46. The van der Waals surface area contributed by atoms with Crippen LogP contribution < -0.4 is 0 Å². The second-order valence-corrected chi connectivity index (χ2v) is 6.40. The molecule has 2 aliphatic heterocycles. The molecule has 2 aliphatic rings. The fourth-order valence-electron chi connectivity index (χ4n) is 3.37. The highest BCUT2D eigenvalue weighted by Gasteiger charge is 2.30. The third-order valence-electron chi connectivity index (χ3n) is 4.72. The first-order valence-corrected chi connectivity index (χ1v) is 8.59. The quantitative estimate of drug-likeness (QED) is 0.833. The van der Waals surface area contributed by atoms with Gasteiger partial charge in [0, 0.05) is 32.8 Å². The molecule has 2 fully saturated rings. The molecule has 3 rings (SSSR count). The van der Waals surface area contributed by atoms with Gasteiger partial charge in [-0.25, -0.2) is 4.39 Å². The fourth-order valence-corrected chi connectivity index (χ4v) is 3.37. The van der Waals surface area contributed by atoms with Gasteiger partial charge in [-0.15, -0.1) is 0 Å². The predicted molar refractivity (Wildman–Crippen MR) is 86.7 cm³/mol. The van der Waals surface area contributed by atoms with Crippen LogP contribution in [0.2, 0.25) is 0 Å². The first-order valence-electron chi connectivity index (χ1n) is 8.59. The Labute approximate surface area is 137 Å². The number of carbonyl (C=O) groups is 1. The van der Waals surface area contributed by atoms with Gasteiger partial charge in [0.15, 0.2) is 0 Å². The highest BCUT2D eigenvalue weighted by Crippen LogP contribution is 2.16. The maximum Gasteiger partial charge on any atom is 0.251 e. The number of aryl methyl sites for hydroxylation is 1. The van der Waals surface area contributed by atoms with Crippen molar-refractivity contribution in [3.05, 3.63) is 35.6 Å². The Morgan fingerprint density at radius 1 is 1.26 bits per heavy atom. The minimum Gasteiger partial charge on any atom is -0.368 e. The second kappa shape index (κ2) is 7.88. The van der Waals surface area contributed by atoms with Gasteiger partial charge in [-0.2, -0.15) is 0 Å². The Balaban J connectivity index is 1.36. The Morgan fingerprint density at radius 3 is 2.78 bits per heavy atom. The lowest BCUT2D eigenvalue weighted by Crippen LogP contribution is -2.51. The maximum atomic E-state index is 13.1. The van der Waals surface area contributed by atoms with E-state index >= 15 is 0 Å². The molecule has 0 N–H and O–H groups in total. The largest absolute Gasteiger partial charge is 0.368 e. The van der Waals surface area contributed by atoms with Crippen molar-refractivity contribution < 1.29 is 13.9 Å². The number of hydrogen-bond donors (Lipinski definition) is 0. The summed E-state index contributed by atoms with van der Waals surface area (Å²) in [5.41, 5.74) is 1.05. The van der Waals surface area contributed by atoms with Crippen LogP contribution in [0.4, 0.5) is 4.39 Å². The van der Waals surface area contributed by atoms with E-state index in [1.165, 1.54) is 6.07 Å². The molecule has 0 radical (unpaired) electrons. The van der Waals surface area contributed by atoms with Gasteiger partial charge >= 0.3 is 0 Å². The van der Waals surface area contributed by atoms with Gasteiger partial charge in [0.25, 0.3) is 5.91 Å². The summed E-state index contributed by atoms with van der Waals surface area (Å²) in [6.07, 6.45) is 3.58. The van der Waals surface area contributed by atoms with Crippen molar-refractivity contribution in [2.45, 2.75) is 31.8 Å². The molecular weight excluding hydrogens is 295 g/mol. The summed E-state index contributed by atoms with van der Waals surface area (Å²) in [6, 6.07) is 6.83. The molecule has 126 valence electrons. The molecule has 1 unspecified atom stereocenters. The monoisotopic (exact) mass is 320 g/mol. The van der Waals surface area contributed by atoms with Gasteiger partial charge in [0.2, 0.25) is 0 Å².